The molecule has 0 bridgehead atoms. The summed E-state index contributed by atoms with van der Waals surface area (Å²) in [5, 5.41) is 3.03. The van der Waals surface area contributed by atoms with Crippen molar-refractivity contribution in [2.45, 2.75) is 44.6 Å². The van der Waals surface area contributed by atoms with E-state index in [-0.39, 0.29) is 35.6 Å². The summed E-state index contributed by atoms with van der Waals surface area (Å²) in [6.45, 7) is 3.34. The highest BCUT2D eigenvalue weighted by molar-refractivity contribution is 5.80. The Morgan fingerprint density at radius 3 is 2.60 bits per heavy atom. The van der Waals surface area contributed by atoms with Crippen molar-refractivity contribution in [3.63, 3.8) is 0 Å². The minimum Gasteiger partial charge on any atom is -0.474 e. The van der Waals surface area contributed by atoms with Gasteiger partial charge in [-0.1, -0.05) is 12.1 Å². The third kappa shape index (κ3) is 6.01. The van der Waals surface area contributed by atoms with Crippen LogP contribution in [0.2, 0.25) is 0 Å². The molecular weight excluding hydrogens is 548 g/mol. The number of morpholine rings is 1. The fourth-order valence-electron chi connectivity index (χ4n) is 6.01. The minimum absolute atomic E-state index is 0.0147. The number of benzene rings is 1. The second-order valence-corrected chi connectivity index (χ2v) is 11.2. The Hall–Kier alpha value is -3.87. The van der Waals surface area contributed by atoms with Crippen LogP contribution in [0.1, 0.15) is 44.4 Å². The van der Waals surface area contributed by atoms with E-state index >= 15 is 0 Å². The molecule has 1 aromatic carbocycles. The Balaban J connectivity index is 1.18. The molecule has 3 aromatic rings. The van der Waals surface area contributed by atoms with Crippen LogP contribution in [0.25, 0.3) is 16.9 Å². The molecule has 13 heteroatoms. The summed E-state index contributed by atoms with van der Waals surface area (Å²) in [7, 11) is 1.78. The number of carbonyl (C=O) groups excluding carboxylic acids is 2. The summed E-state index contributed by atoms with van der Waals surface area (Å²) in [6.07, 6.45) is 0.130. The molecule has 6 rings (SSSR count). The molecule has 42 heavy (non-hydrogen) atoms. The van der Waals surface area contributed by atoms with Crippen molar-refractivity contribution in [1.82, 2.24) is 29.7 Å². The van der Waals surface area contributed by atoms with Crippen LogP contribution < -0.4 is 15.0 Å². The molecule has 0 spiro atoms. The number of carbonyl (C=O) groups is 2. The van der Waals surface area contributed by atoms with Gasteiger partial charge in [0.05, 0.1) is 24.2 Å². The summed E-state index contributed by atoms with van der Waals surface area (Å²) >= 11 is 0. The van der Waals surface area contributed by atoms with Gasteiger partial charge in [-0.2, -0.15) is 9.97 Å². The first-order valence-electron chi connectivity index (χ1n) is 14.5. The van der Waals surface area contributed by atoms with Gasteiger partial charge < -0.3 is 24.6 Å². The highest BCUT2D eigenvalue weighted by atomic mass is 19.3. The van der Waals surface area contributed by atoms with E-state index in [0.717, 1.165) is 0 Å². The second kappa shape index (κ2) is 12.2. The van der Waals surface area contributed by atoms with Crippen LogP contribution in [0.4, 0.5) is 14.7 Å². The van der Waals surface area contributed by atoms with Crippen molar-refractivity contribution in [2.75, 3.05) is 51.3 Å². The van der Waals surface area contributed by atoms with Crippen molar-refractivity contribution >= 4 is 28.8 Å². The Morgan fingerprint density at radius 2 is 1.88 bits per heavy atom. The number of nitrogens with zero attached hydrogens (tertiary/aromatic N) is 6. The molecule has 2 amide bonds. The summed E-state index contributed by atoms with van der Waals surface area (Å²) in [4.78, 5) is 41.7. The third-order valence-electron chi connectivity index (χ3n) is 8.30. The van der Waals surface area contributed by atoms with Gasteiger partial charge in [0.25, 0.3) is 6.43 Å². The Labute approximate surface area is 242 Å². The van der Waals surface area contributed by atoms with Crippen molar-refractivity contribution in [3.8, 4) is 11.7 Å². The lowest BCUT2D eigenvalue weighted by Crippen LogP contribution is -2.38. The number of nitrogens with one attached hydrogen (secondary N) is 1. The largest absolute Gasteiger partial charge is 0.474 e. The van der Waals surface area contributed by atoms with Crippen molar-refractivity contribution in [1.29, 1.82) is 0 Å². The SMILES string of the molecule is CN1CC(CNC(=O)[C@H]2CC[C@H](Oc3cc(-n4c(C(F)F)nc5ccccc54)nc(N4CCOCC4)n3)CC2)CC1=O. The summed E-state index contributed by atoms with van der Waals surface area (Å²) in [6, 6.07) is 8.55. The highest BCUT2D eigenvalue weighted by Gasteiger charge is 2.31. The van der Waals surface area contributed by atoms with Crippen LogP contribution in [0.5, 0.6) is 5.88 Å². The first kappa shape index (κ1) is 28.3. The molecule has 224 valence electrons. The van der Waals surface area contributed by atoms with Gasteiger partial charge in [-0.25, -0.2) is 13.8 Å². The maximum Gasteiger partial charge on any atom is 0.296 e. The van der Waals surface area contributed by atoms with Gasteiger partial charge in [0.1, 0.15) is 11.9 Å². The zero-order valence-corrected chi connectivity index (χ0v) is 23.5. The molecule has 1 aliphatic carbocycles. The molecule has 4 heterocycles. The number of alkyl halides is 2. The van der Waals surface area contributed by atoms with E-state index in [1.165, 1.54) is 4.57 Å². The second-order valence-electron chi connectivity index (χ2n) is 11.2. The van der Waals surface area contributed by atoms with Crippen molar-refractivity contribution < 1.29 is 27.8 Å². The predicted molar refractivity (Wildman–Crippen MR) is 150 cm³/mol. The van der Waals surface area contributed by atoms with Crippen molar-refractivity contribution in [2.24, 2.45) is 11.8 Å². The van der Waals surface area contributed by atoms with Crippen LogP contribution in [-0.2, 0) is 14.3 Å². The van der Waals surface area contributed by atoms with E-state index in [1.807, 2.05) is 4.90 Å². The van der Waals surface area contributed by atoms with Gasteiger partial charge in [0.15, 0.2) is 5.82 Å². The number of hydrogen-bond donors (Lipinski definition) is 1. The molecule has 2 aromatic heterocycles. The number of imidazole rings is 1. The molecular formula is C29H35F2N7O4. The van der Waals surface area contributed by atoms with Crippen LogP contribution in [0, 0.1) is 11.8 Å². The van der Waals surface area contributed by atoms with Gasteiger partial charge >= 0.3 is 0 Å². The molecule has 1 N–H and O–H groups in total. The molecule has 3 fully saturated rings. The van der Waals surface area contributed by atoms with Crippen LogP contribution >= 0.6 is 0 Å². The molecule has 2 saturated heterocycles. The lowest BCUT2D eigenvalue weighted by Gasteiger charge is -2.30. The van der Waals surface area contributed by atoms with Crippen LogP contribution in [0.15, 0.2) is 30.3 Å². The number of halogens is 2. The third-order valence-corrected chi connectivity index (χ3v) is 8.30. The Kier molecular flexibility index (Phi) is 8.18. The lowest BCUT2D eigenvalue weighted by molar-refractivity contribution is -0.127. The molecule has 11 nitrogen and oxygen atoms in total. The monoisotopic (exact) mass is 583 g/mol. The van der Waals surface area contributed by atoms with Crippen LogP contribution in [-0.4, -0.2) is 88.8 Å². The number of aromatic nitrogens is 4. The summed E-state index contributed by atoms with van der Waals surface area (Å²) in [5.41, 5.74) is 0.968. The Bertz CT molecular complexity index is 1440. The number of likely N-dealkylation sites (tertiary alicyclic amines) is 1. The molecule has 1 unspecified atom stereocenters. The fraction of sp³-hybridized carbons (Fsp3) is 0.552. The average molecular weight is 584 g/mol. The van der Waals surface area contributed by atoms with Gasteiger partial charge in [-0.15, -0.1) is 0 Å². The minimum atomic E-state index is -2.81. The number of amides is 2. The fourth-order valence-corrected chi connectivity index (χ4v) is 6.01. The van der Waals surface area contributed by atoms with E-state index in [0.29, 0.717) is 94.4 Å². The van der Waals surface area contributed by atoms with E-state index in [2.05, 4.69) is 20.3 Å². The molecule has 3 aliphatic rings. The van der Waals surface area contributed by atoms with E-state index in [4.69, 9.17) is 9.47 Å². The standard InChI is InChI=1S/C29H35F2N7O4/c1-36-17-18(14-25(36)39)16-32-28(40)19-6-8-20(9-7-19)42-24-15-23(34-29(35-24)37-10-12-41-13-11-37)38-22-5-3-2-4-21(22)33-27(38)26(30)31/h2-5,15,18-20,26H,6-14,16-17H2,1H3,(H,32,40)/t18?,19-,20-. The number of para-hydroxylation sites is 2. The van der Waals surface area contributed by atoms with E-state index < -0.39 is 12.2 Å². The molecule has 1 saturated carbocycles. The molecule has 1 atom stereocenters. The maximum atomic E-state index is 14.1. The number of anilines is 1. The van der Waals surface area contributed by atoms with E-state index in [1.54, 1.807) is 42.3 Å². The zero-order valence-electron chi connectivity index (χ0n) is 23.5. The number of fused-ring (bicyclic) bond motifs is 1. The zero-order chi connectivity index (χ0) is 29.2. The highest BCUT2D eigenvalue weighted by Crippen LogP contribution is 2.32. The lowest BCUT2D eigenvalue weighted by atomic mass is 9.86. The first-order chi connectivity index (χ1) is 20.4. The van der Waals surface area contributed by atoms with Gasteiger partial charge in [0, 0.05) is 57.5 Å². The maximum absolute atomic E-state index is 14.1. The smallest absolute Gasteiger partial charge is 0.296 e. The number of hydrogen-bond acceptors (Lipinski definition) is 8. The van der Waals surface area contributed by atoms with E-state index in [9.17, 15) is 18.4 Å². The van der Waals surface area contributed by atoms with Gasteiger partial charge in [-0.3, -0.25) is 14.2 Å². The average Bonchev–Trinajstić information content (AvgIpc) is 3.56. The predicted octanol–water partition coefficient (Wildman–Crippen LogP) is 3.12. The molecule has 0 radical (unpaired) electrons. The number of rotatable bonds is 8. The van der Waals surface area contributed by atoms with Gasteiger partial charge in [-0.05, 0) is 37.8 Å². The normalized spacial score (nSPS) is 23.1. The molecule has 2 aliphatic heterocycles. The van der Waals surface area contributed by atoms with Gasteiger partial charge in [0.2, 0.25) is 23.6 Å². The topological polar surface area (TPSA) is 115 Å². The van der Waals surface area contributed by atoms with Crippen molar-refractivity contribution in [3.05, 3.63) is 36.2 Å². The summed E-state index contributed by atoms with van der Waals surface area (Å²) < 4.78 is 41.4. The first-order valence-corrected chi connectivity index (χ1v) is 14.5. The number of ether oxygens (including phenoxy) is 2. The summed E-state index contributed by atoms with van der Waals surface area (Å²) in [5.74, 6) is 0.704. The van der Waals surface area contributed by atoms with Crippen LogP contribution in [0.3, 0.4) is 0 Å². The quantitative estimate of drug-likeness (QED) is 0.430. The Morgan fingerprint density at radius 1 is 1.12 bits per heavy atom.